The van der Waals surface area contributed by atoms with Gasteiger partial charge in [-0.25, -0.2) is 31.6 Å². The third-order valence-corrected chi connectivity index (χ3v) is 18.2. The Morgan fingerprint density at radius 2 is 1.06 bits per heavy atom. The third-order valence-electron chi connectivity index (χ3n) is 13.6. The summed E-state index contributed by atoms with van der Waals surface area (Å²) < 4.78 is 74.1. The summed E-state index contributed by atoms with van der Waals surface area (Å²) in [5.74, 6) is 1.73. The molecule has 384 valence electrons. The van der Waals surface area contributed by atoms with Crippen molar-refractivity contribution in [1.29, 1.82) is 0 Å². The van der Waals surface area contributed by atoms with Gasteiger partial charge in [-0.1, -0.05) is 41.5 Å². The molecule has 4 aliphatic rings. The zero-order chi connectivity index (χ0) is 50.2. The molecule has 3 N–H and O–H groups in total. The zero-order valence-electron chi connectivity index (χ0n) is 42.5. The van der Waals surface area contributed by atoms with Gasteiger partial charge in [0, 0.05) is 78.0 Å². The Bertz CT molecular complexity index is 2650. The van der Waals surface area contributed by atoms with Gasteiger partial charge in [0.25, 0.3) is 0 Å². The van der Waals surface area contributed by atoms with Gasteiger partial charge < -0.3 is 43.8 Å². The number of rotatable bonds is 10. The molecule has 0 atom stereocenters. The van der Waals surface area contributed by atoms with Crippen molar-refractivity contribution in [1.82, 2.24) is 29.3 Å². The summed E-state index contributed by atoms with van der Waals surface area (Å²) in [6, 6.07) is 10.5. The van der Waals surface area contributed by atoms with E-state index in [0.717, 1.165) is 42.2 Å². The summed E-state index contributed by atoms with van der Waals surface area (Å²) in [4.78, 5) is 24.3. The van der Waals surface area contributed by atoms with Crippen LogP contribution in [0.1, 0.15) is 125 Å². The summed E-state index contributed by atoms with van der Waals surface area (Å²) in [7, 11) is -7.00. The van der Waals surface area contributed by atoms with Crippen LogP contribution in [0.5, 0.6) is 0 Å². The van der Waals surface area contributed by atoms with Crippen molar-refractivity contribution in [2.24, 2.45) is 10.8 Å². The van der Waals surface area contributed by atoms with Gasteiger partial charge in [-0.2, -0.15) is 0 Å². The van der Waals surface area contributed by atoms with E-state index in [-0.39, 0.29) is 21.0 Å². The van der Waals surface area contributed by atoms with E-state index >= 15 is 0 Å². The first-order chi connectivity index (χ1) is 32.1. The van der Waals surface area contributed by atoms with E-state index in [0.29, 0.717) is 126 Å². The highest BCUT2D eigenvalue weighted by Crippen LogP contribution is 2.34. The van der Waals surface area contributed by atoms with Gasteiger partial charge in [-0.05, 0) is 107 Å². The number of amides is 1. The molecule has 69 heavy (non-hydrogen) atoms. The lowest BCUT2D eigenvalue weighted by Crippen LogP contribution is -2.44. The Balaban J connectivity index is 0.000000208. The smallest absolute Gasteiger partial charge is 0.410 e. The minimum absolute atomic E-state index is 0.0153. The molecule has 0 aliphatic carbocycles. The number of sulfone groups is 2. The minimum Gasteiger partial charge on any atom is -0.444 e. The summed E-state index contributed by atoms with van der Waals surface area (Å²) in [6.07, 6.45) is 5.30. The average molecular weight is 999 g/mol. The van der Waals surface area contributed by atoms with Crippen molar-refractivity contribution in [2.75, 3.05) is 52.6 Å². The maximum atomic E-state index is 13.6. The maximum absolute atomic E-state index is 13.6. The number of nitrogens with one attached hydrogen (secondary N) is 1. The van der Waals surface area contributed by atoms with Gasteiger partial charge in [-0.3, -0.25) is 0 Å². The SMILES string of the molecule is CC(C)(C)Cc1nc2cc(S(=O)(=O)C3CCN(C(=O)OC(C)(C)C)CC3)ccc2n1CC1(O)CCOCC1.CC(C)(C)Cc1nc2cc(S(=O)(=O)C3CCNCC3)ccc2n1CC1(O)CCOCC1. The van der Waals surface area contributed by atoms with Gasteiger partial charge in [-0.15, -0.1) is 0 Å². The minimum atomic E-state index is -3.61. The highest BCUT2D eigenvalue weighted by atomic mass is 32.2. The van der Waals surface area contributed by atoms with Crippen molar-refractivity contribution in [2.45, 2.75) is 177 Å². The fourth-order valence-corrected chi connectivity index (χ4v) is 13.3. The van der Waals surface area contributed by atoms with Crippen molar-refractivity contribution in [3.63, 3.8) is 0 Å². The van der Waals surface area contributed by atoms with Gasteiger partial charge >= 0.3 is 6.09 Å². The van der Waals surface area contributed by atoms with E-state index in [2.05, 4.69) is 56.0 Å². The summed E-state index contributed by atoms with van der Waals surface area (Å²) in [5, 5.41) is 24.7. The molecule has 8 rings (SSSR count). The highest BCUT2D eigenvalue weighted by molar-refractivity contribution is 7.92. The first-order valence-electron chi connectivity index (χ1n) is 24.9. The van der Waals surface area contributed by atoms with Crippen LogP contribution in [-0.2, 0) is 59.8 Å². The number of ether oxygens (including phenoxy) is 3. The summed E-state index contributed by atoms with van der Waals surface area (Å²) in [6.45, 7) is 23.5. The Hall–Kier alpha value is -3.65. The van der Waals surface area contributed by atoms with E-state index in [1.54, 1.807) is 29.2 Å². The zero-order valence-corrected chi connectivity index (χ0v) is 44.1. The van der Waals surface area contributed by atoms with Crippen LogP contribution in [0.4, 0.5) is 4.79 Å². The number of hydrogen-bond donors (Lipinski definition) is 3. The molecule has 2 aromatic heterocycles. The molecular weight excluding hydrogens is 921 g/mol. The van der Waals surface area contributed by atoms with Crippen LogP contribution >= 0.6 is 0 Å². The number of carbonyl (C=O) groups is 1. The van der Waals surface area contributed by atoms with Crippen LogP contribution in [0.25, 0.3) is 22.1 Å². The van der Waals surface area contributed by atoms with Gasteiger partial charge in [0.1, 0.15) is 17.2 Å². The molecule has 0 saturated carbocycles. The van der Waals surface area contributed by atoms with Crippen LogP contribution in [0.3, 0.4) is 0 Å². The Kier molecular flexibility index (Phi) is 15.8. The van der Waals surface area contributed by atoms with E-state index < -0.39 is 47.8 Å². The Morgan fingerprint density at radius 1 is 0.667 bits per heavy atom. The molecule has 0 spiro atoms. The number of hydrogen-bond acceptors (Lipinski definition) is 13. The van der Waals surface area contributed by atoms with Crippen molar-refractivity contribution >= 4 is 47.8 Å². The number of piperidine rings is 2. The molecule has 4 fully saturated rings. The normalized spacial score (nSPS) is 20.2. The number of nitrogens with zero attached hydrogens (tertiary/aromatic N) is 5. The van der Waals surface area contributed by atoms with Crippen molar-refractivity contribution in [3.05, 3.63) is 48.0 Å². The number of fused-ring (bicyclic) bond motifs is 2. The topological polar surface area (TPSA) is 204 Å². The lowest BCUT2D eigenvalue weighted by molar-refractivity contribution is -0.0731. The monoisotopic (exact) mass is 999 g/mol. The predicted molar refractivity (Wildman–Crippen MR) is 267 cm³/mol. The molecule has 0 radical (unpaired) electrons. The van der Waals surface area contributed by atoms with Gasteiger partial charge in [0.05, 0.1) is 66.6 Å². The van der Waals surface area contributed by atoms with Gasteiger partial charge in [0.2, 0.25) is 0 Å². The third kappa shape index (κ3) is 13.3. The lowest BCUT2D eigenvalue weighted by Gasteiger charge is -2.33. The maximum Gasteiger partial charge on any atom is 0.410 e. The predicted octanol–water partition coefficient (Wildman–Crippen LogP) is 7.03. The number of aliphatic hydroxyl groups is 2. The van der Waals surface area contributed by atoms with Crippen LogP contribution in [0, 0.1) is 10.8 Å². The average Bonchev–Trinajstić information content (AvgIpc) is 3.76. The molecule has 6 heterocycles. The molecule has 16 nitrogen and oxygen atoms in total. The first kappa shape index (κ1) is 53.2. The van der Waals surface area contributed by atoms with E-state index in [9.17, 15) is 31.8 Å². The largest absolute Gasteiger partial charge is 0.444 e. The van der Waals surface area contributed by atoms with E-state index in [4.69, 9.17) is 24.2 Å². The molecule has 0 bridgehead atoms. The Morgan fingerprint density at radius 3 is 1.43 bits per heavy atom. The highest BCUT2D eigenvalue weighted by Gasteiger charge is 2.37. The molecule has 0 unspecified atom stereocenters. The fourth-order valence-electron chi connectivity index (χ4n) is 9.82. The molecule has 4 aromatic rings. The van der Waals surface area contributed by atoms with Crippen molar-refractivity contribution in [3.8, 4) is 0 Å². The van der Waals surface area contributed by atoms with Gasteiger partial charge in [0.15, 0.2) is 19.7 Å². The Labute approximate surface area is 409 Å². The fraction of sp³-hybridized carbons (Fsp3) is 0.706. The molecule has 1 amide bonds. The van der Waals surface area contributed by atoms with Crippen LogP contribution in [0.15, 0.2) is 46.2 Å². The lowest BCUT2D eigenvalue weighted by atomic mass is 9.91. The summed E-state index contributed by atoms with van der Waals surface area (Å²) in [5.41, 5.74) is 0.674. The van der Waals surface area contributed by atoms with Crippen molar-refractivity contribution < 1.29 is 46.1 Å². The quantitative estimate of drug-likeness (QED) is 0.146. The second-order valence-electron chi connectivity index (χ2n) is 23.4. The molecule has 18 heteroatoms. The van der Waals surface area contributed by atoms with E-state index in [1.807, 2.05) is 32.9 Å². The molecule has 4 aliphatic heterocycles. The first-order valence-corrected chi connectivity index (χ1v) is 28.0. The number of likely N-dealkylation sites (tertiary alicyclic amines) is 1. The van der Waals surface area contributed by atoms with Crippen LogP contribution in [-0.4, -0.2) is 137 Å². The summed E-state index contributed by atoms with van der Waals surface area (Å²) >= 11 is 0. The number of aromatic nitrogens is 4. The second kappa shape index (κ2) is 20.5. The standard InChI is InChI=1S/C28H43N3O6S.C23H35N3O4S/c1-26(2,3)18-24-29-22-17-21(7-8-23(22)31(24)19-28(33)11-15-36-16-12-28)38(34,35)20-9-13-30(14-10-20)25(32)37-27(4,5)6;1-22(2,3)15-21-25-19-14-18(31(28,29)17-6-10-24-11-7-17)4-5-20(19)26(21)16-23(27)8-12-30-13-9-23/h7-8,17,20,33H,9-16,18-19H2,1-6H3;4-5,14,17,24,27H,6-13,15-16H2,1-3H3. The number of imidazole rings is 2. The number of carbonyl (C=O) groups excluding carboxylic acids is 1. The van der Waals surface area contributed by atoms with Crippen LogP contribution in [0.2, 0.25) is 0 Å². The molecular formula is C51H78N6O10S2. The molecule has 4 saturated heterocycles. The molecule has 2 aromatic carbocycles. The van der Waals surface area contributed by atoms with Crippen LogP contribution < -0.4 is 5.32 Å². The van der Waals surface area contributed by atoms with E-state index in [1.165, 1.54) is 0 Å². The number of benzene rings is 2. The second-order valence-corrected chi connectivity index (χ2v) is 27.8.